The van der Waals surface area contributed by atoms with Crippen molar-refractivity contribution in [3.05, 3.63) is 11.9 Å². The molecule has 0 aromatic carbocycles. The van der Waals surface area contributed by atoms with Crippen molar-refractivity contribution in [2.45, 2.75) is 31.5 Å². The smallest absolute Gasteiger partial charge is 0.313 e. The molecule has 0 saturated carbocycles. The summed E-state index contributed by atoms with van der Waals surface area (Å²) in [5.41, 5.74) is 0.948. The van der Waals surface area contributed by atoms with E-state index in [0.29, 0.717) is 0 Å². The van der Waals surface area contributed by atoms with E-state index in [1.165, 1.54) is 37.7 Å². The van der Waals surface area contributed by atoms with E-state index >= 15 is 0 Å². The largest absolute Gasteiger partial charge is 0.481 e. The minimum Gasteiger partial charge on any atom is -0.481 e. The molecule has 18 heavy (non-hydrogen) atoms. The molecular formula is C12H19N3O2S. The summed E-state index contributed by atoms with van der Waals surface area (Å²) in [6.07, 6.45) is 4.59. The number of imidazole rings is 1. The number of nitrogens with zero attached hydrogens (tertiary/aromatic N) is 3. The summed E-state index contributed by atoms with van der Waals surface area (Å²) in [5, 5.41) is 9.52. The average molecular weight is 269 g/mol. The summed E-state index contributed by atoms with van der Waals surface area (Å²) in [6.45, 7) is 6.23. The van der Waals surface area contributed by atoms with Crippen molar-refractivity contribution in [3.8, 4) is 0 Å². The van der Waals surface area contributed by atoms with Gasteiger partial charge in [0.2, 0.25) is 0 Å². The zero-order chi connectivity index (χ0) is 13.0. The van der Waals surface area contributed by atoms with Crippen LogP contribution in [-0.2, 0) is 11.3 Å². The van der Waals surface area contributed by atoms with Crippen LogP contribution in [0.5, 0.6) is 0 Å². The van der Waals surface area contributed by atoms with Crippen molar-refractivity contribution < 1.29 is 9.90 Å². The summed E-state index contributed by atoms with van der Waals surface area (Å²) in [6, 6.07) is 0. The predicted molar refractivity (Wildman–Crippen MR) is 71.0 cm³/mol. The highest BCUT2D eigenvalue weighted by Crippen LogP contribution is 2.18. The van der Waals surface area contributed by atoms with Crippen molar-refractivity contribution in [2.24, 2.45) is 0 Å². The molecule has 1 aromatic rings. The summed E-state index contributed by atoms with van der Waals surface area (Å²) < 4.78 is 2.07. The van der Waals surface area contributed by atoms with E-state index in [2.05, 4.69) is 14.5 Å². The lowest BCUT2D eigenvalue weighted by atomic mass is 10.4. The van der Waals surface area contributed by atoms with Gasteiger partial charge in [-0.05, 0) is 32.9 Å². The van der Waals surface area contributed by atoms with E-state index < -0.39 is 5.97 Å². The van der Waals surface area contributed by atoms with Crippen molar-refractivity contribution in [3.63, 3.8) is 0 Å². The molecule has 100 valence electrons. The minimum atomic E-state index is -0.799. The van der Waals surface area contributed by atoms with Crippen molar-refractivity contribution in [1.29, 1.82) is 0 Å². The highest BCUT2D eigenvalue weighted by atomic mass is 32.2. The molecule has 0 aliphatic carbocycles. The van der Waals surface area contributed by atoms with E-state index in [1.807, 2.05) is 13.1 Å². The molecule has 1 N–H and O–H groups in total. The van der Waals surface area contributed by atoms with E-state index in [1.54, 1.807) is 0 Å². The maximum Gasteiger partial charge on any atom is 0.313 e. The Kier molecular flexibility index (Phi) is 4.66. The Hall–Kier alpha value is -1.01. The number of aromatic nitrogens is 2. The maximum atomic E-state index is 10.6. The minimum absolute atomic E-state index is 0.0696. The van der Waals surface area contributed by atoms with Gasteiger partial charge in [-0.15, -0.1) is 0 Å². The van der Waals surface area contributed by atoms with Crippen LogP contribution in [0.15, 0.2) is 11.4 Å². The van der Waals surface area contributed by atoms with Crippen LogP contribution in [0.25, 0.3) is 0 Å². The lowest BCUT2D eigenvalue weighted by Gasteiger charge is -2.15. The molecule has 5 nitrogen and oxygen atoms in total. The van der Waals surface area contributed by atoms with Gasteiger partial charge in [0.05, 0.1) is 11.4 Å². The van der Waals surface area contributed by atoms with Gasteiger partial charge in [0.1, 0.15) is 0 Å². The molecule has 0 radical (unpaired) electrons. The van der Waals surface area contributed by atoms with Gasteiger partial charge in [0.25, 0.3) is 0 Å². The number of carboxylic acids is 1. The predicted octanol–water partition coefficient (Wildman–Crippen LogP) is 1.46. The summed E-state index contributed by atoms with van der Waals surface area (Å²) in [7, 11) is 0. The molecule has 1 saturated heterocycles. The van der Waals surface area contributed by atoms with Crippen LogP contribution < -0.4 is 0 Å². The lowest BCUT2D eigenvalue weighted by molar-refractivity contribution is -0.133. The summed E-state index contributed by atoms with van der Waals surface area (Å²) >= 11 is 1.29. The van der Waals surface area contributed by atoms with E-state index in [-0.39, 0.29) is 5.75 Å². The van der Waals surface area contributed by atoms with E-state index in [4.69, 9.17) is 5.11 Å². The van der Waals surface area contributed by atoms with E-state index in [9.17, 15) is 4.79 Å². The second-order valence-electron chi connectivity index (χ2n) is 4.59. The van der Waals surface area contributed by atoms with Gasteiger partial charge in [-0.2, -0.15) is 0 Å². The van der Waals surface area contributed by atoms with Crippen LogP contribution in [0, 0.1) is 6.92 Å². The van der Waals surface area contributed by atoms with Gasteiger partial charge >= 0.3 is 5.97 Å². The van der Waals surface area contributed by atoms with Crippen molar-refractivity contribution in [2.75, 3.05) is 25.4 Å². The van der Waals surface area contributed by atoms with E-state index in [0.717, 1.165) is 23.9 Å². The number of hydrogen-bond donors (Lipinski definition) is 1. The number of thioether (sulfide) groups is 1. The summed E-state index contributed by atoms with van der Waals surface area (Å²) in [5.74, 6) is -0.730. The van der Waals surface area contributed by atoms with Crippen molar-refractivity contribution >= 4 is 17.7 Å². The first-order valence-corrected chi connectivity index (χ1v) is 7.24. The number of rotatable bonds is 6. The fourth-order valence-corrected chi connectivity index (χ4v) is 2.95. The number of likely N-dealkylation sites (tertiary alicyclic amines) is 1. The molecule has 1 fully saturated rings. The molecule has 0 atom stereocenters. The number of carboxylic acid groups (broad SMARTS) is 1. The second-order valence-corrected chi connectivity index (χ2v) is 5.53. The maximum absolute atomic E-state index is 10.6. The van der Waals surface area contributed by atoms with Gasteiger partial charge in [0, 0.05) is 19.3 Å². The first-order valence-electron chi connectivity index (χ1n) is 6.26. The van der Waals surface area contributed by atoms with Gasteiger partial charge in [-0.3, -0.25) is 4.79 Å². The number of carbonyl (C=O) groups is 1. The Morgan fingerprint density at radius 1 is 1.44 bits per heavy atom. The molecule has 0 amide bonds. The molecule has 6 heteroatoms. The fraction of sp³-hybridized carbons (Fsp3) is 0.667. The molecule has 0 bridgehead atoms. The Labute approximate surface area is 111 Å². The summed E-state index contributed by atoms with van der Waals surface area (Å²) in [4.78, 5) is 17.4. The zero-order valence-corrected chi connectivity index (χ0v) is 11.4. The van der Waals surface area contributed by atoms with Crippen LogP contribution in [0.3, 0.4) is 0 Å². The molecule has 2 heterocycles. The Bertz CT molecular complexity index is 413. The average Bonchev–Trinajstić information content (AvgIpc) is 2.92. The molecule has 0 spiro atoms. The quantitative estimate of drug-likeness (QED) is 0.792. The first kappa shape index (κ1) is 13.4. The molecule has 2 rings (SSSR count). The topological polar surface area (TPSA) is 58.4 Å². The number of hydrogen-bond acceptors (Lipinski definition) is 4. The highest BCUT2D eigenvalue weighted by molar-refractivity contribution is 7.99. The Balaban J connectivity index is 1.91. The zero-order valence-electron chi connectivity index (χ0n) is 10.6. The van der Waals surface area contributed by atoms with Crippen LogP contribution in [-0.4, -0.2) is 50.9 Å². The molecule has 1 aromatic heterocycles. The van der Waals surface area contributed by atoms with Crippen LogP contribution in [0.2, 0.25) is 0 Å². The van der Waals surface area contributed by atoms with Gasteiger partial charge in [-0.25, -0.2) is 4.98 Å². The number of aryl methyl sites for hydroxylation is 1. The van der Waals surface area contributed by atoms with Crippen LogP contribution in [0.1, 0.15) is 18.5 Å². The molecule has 0 unspecified atom stereocenters. The van der Waals surface area contributed by atoms with Crippen molar-refractivity contribution in [1.82, 2.24) is 14.5 Å². The van der Waals surface area contributed by atoms with Gasteiger partial charge in [-0.1, -0.05) is 11.8 Å². The third-order valence-corrected chi connectivity index (χ3v) is 4.02. The fourth-order valence-electron chi connectivity index (χ4n) is 2.18. The van der Waals surface area contributed by atoms with Gasteiger partial charge in [0.15, 0.2) is 5.16 Å². The van der Waals surface area contributed by atoms with Gasteiger partial charge < -0.3 is 14.6 Å². The molecule has 1 aliphatic rings. The lowest BCUT2D eigenvalue weighted by Crippen LogP contribution is -2.24. The Morgan fingerprint density at radius 2 is 2.17 bits per heavy atom. The standard InChI is InChI=1S/C12H19N3O2S/c1-10-8-15(7-6-14-4-2-3-5-14)12(13-10)18-9-11(16)17/h8H,2-7,9H2,1H3,(H,16,17). The normalized spacial score (nSPS) is 16.3. The third-order valence-electron chi connectivity index (χ3n) is 3.04. The molecular weight excluding hydrogens is 250 g/mol. The monoisotopic (exact) mass is 269 g/mol. The SMILES string of the molecule is Cc1cn(CCN2CCCC2)c(SCC(=O)O)n1. The molecule has 1 aliphatic heterocycles. The second kappa shape index (κ2) is 6.24. The third kappa shape index (κ3) is 3.74. The van der Waals surface area contributed by atoms with Crippen LogP contribution >= 0.6 is 11.8 Å². The first-order chi connectivity index (χ1) is 8.65. The Morgan fingerprint density at radius 3 is 2.83 bits per heavy atom. The highest BCUT2D eigenvalue weighted by Gasteiger charge is 2.13. The number of aliphatic carboxylic acids is 1. The van der Waals surface area contributed by atoms with Crippen LogP contribution in [0.4, 0.5) is 0 Å².